The molecule has 33 heavy (non-hydrogen) atoms. The van der Waals surface area contributed by atoms with Crippen LogP contribution < -0.4 is 4.90 Å². The van der Waals surface area contributed by atoms with E-state index in [2.05, 4.69) is 50.4 Å². The van der Waals surface area contributed by atoms with Crippen molar-refractivity contribution in [2.45, 2.75) is 6.54 Å². The van der Waals surface area contributed by atoms with Crippen LogP contribution in [0.2, 0.25) is 0 Å². The normalized spacial score (nSPS) is 10.5. The fourth-order valence-corrected chi connectivity index (χ4v) is 3.90. The quantitative estimate of drug-likeness (QED) is 0.288. The van der Waals surface area contributed by atoms with Gasteiger partial charge in [0.25, 0.3) is 0 Å². The van der Waals surface area contributed by atoms with Crippen molar-refractivity contribution in [3.05, 3.63) is 90.8 Å². The van der Waals surface area contributed by atoms with Crippen LogP contribution in [0.1, 0.15) is 5.56 Å². The Morgan fingerprint density at radius 3 is 2.30 bits per heavy atom. The van der Waals surface area contributed by atoms with E-state index in [0.717, 1.165) is 39.2 Å². The number of aromatic amines is 2. The molecule has 5 aromatic rings. The van der Waals surface area contributed by atoms with Crippen molar-refractivity contribution in [3.63, 3.8) is 0 Å². The number of anilines is 1. The summed E-state index contributed by atoms with van der Waals surface area (Å²) in [6.45, 7) is 1.27. The molecule has 3 aromatic heterocycles. The van der Waals surface area contributed by atoms with E-state index in [9.17, 15) is 5.11 Å². The van der Waals surface area contributed by atoms with E-state index in [1.54, 1.807) is 0 Å². The molecule has 0 unspecified atom stereocenters. The molecule has 3 N–H and O–H groups in total. The molecule has 0 spiro atoms. The van der Waals surface area contributed by atoms with E-state index in [-0.39, 0.29) is 31.4 Å². The van der Waals surface area contributed by atoms with Crippen molar-refractivity contribution in [3.8, 4) is 22.4 Å². The summed E-state index contributed by atoms with van der Waals surface area (Å²) in [5.74, 6) is 0.826. The Morgan fingerprint density at radius 2 is 1.58 bits per heavy atom. The van der Waals surface area contributed by atoms with Gasteiger partial charge in [0, 0.05) is 35.8 Å². The van der Waals surface area contributed by atoms with Gasteiger partial charge in [0.15, 0.2) is 0 Å². The highest BCUT2D eigenvalue weighted by Crippen LogP contribution is 2.34. The molecule has 0 aliphatic carbocycles. The van der Waals surface area contributed by atoms with Crippen molar-refractivity contribution in [2.24, 2.45) is 0 Å². The lowest BCUT2D eigenvalue weighted by atomic mass is 10.0. The largest absolute Gasteiger partial charge is 0.395 e. The fraction of sp³-hybridized carbons (Fsp3) is 0.120. The molecule has 170 valence electrons. The molecule has 0 saturated carbocycles. The number of H-pyrrole nitrogens is 2. The molecular weight excluding hydrogens is 457 g/mol. The Morgan fingerprint density at radius 1 is 0.848 bits per heavy atom. The van der Waals surface area contributed by atoms with Crippen LogP contribution in [0.15, 0.2) is 85.2 Å². The number of nitrogens with one attached hydrogen (secondary N) is 2. The Bertz CT molecular complexity index is 1290. The number of fused-ring (bicyclic) bond motifs is 1. The monoisotopic (exact) mass is 481 g/mol. The molecule has 0 aliphatic heterocycles. The number of halogens is 2. The smallest absolute Gasteiger partial charge is 0.140 e. The van der Waals surface area contributed by atoms with Gasteiger partial charge in [0.1, 0.15) is 11.5 Å². The van der Waals surface area contributed by atoms with Gasteiger partial charge < -0.3 is 15.0 Å². The first-order chi connectivity index (χ1) is 15.3. The zero-order chi connectivity index (χ0) is 21.0. The highest BCUT2D eigenvalue weighted by molar-refractivity contribution is 5.97. The number of rotatable bonds is 7. The Balaban J connectivity index is 0.00000153. The minimum atomic E-state index is 0. The van der Waals surface area contributed by atoms with Gasteiger partial charge >= 0.3 is 0 Å². The number of nitrogens with zero attached hydrogens (tertiary/aromatic N) is 3. The summed E-state index contributed by atoms with van der Waals surface area (Å²) in [4.78, 5) is 10.2. The second-order valence-corrected chi connectivity index (χ2v) is 7.42. The predicted octanol–water partition coefficient (Wildman–Crippen LogP) is 5.46. The van der Waals surface area contributed by atoms with Gasteiger partial charge in [-0.1, -0.05) is 60.7 Å². The molecule has 5 rings (SSSR count). The number of benzene rings is 2. The Kier molecular flexibility index (Phi) is 8.11. The molecule has 0 radical (unpaired) electrons. The average molecular weight is 482 g/mol. The summed E-state index contributed by atoms with van der Waals surface area (Å²) < 4.78 is 0. The van der Waals surface area contributed by atoms with Crippen molar-refractivity contribution in [2.75, 3.05) is 18.1 Å². The van der Waals surface area contributed by atoms with Crippen LogP contribution in [-0.4, -0.2) is 38.4 Å². The summed E-state index contributed by atoms with van der Waals surface area (Å²) in [5, 5.41) is 18.0. The molecule has 0 aliphatic rings. The van der Waals surface area contributed by atoms with Crippen LogP contribution >= 0.6 is 24.8 Å². The first-order valence-corrected chi connectivity index (χ1v) is 10.3. The lowest BCUT2D eigenvalue weighted by Crippen LogP contribution is -2.26. The van der Waals surface area contributed by atoms with Crippen molar-refractivity contribution < 1.29 is 5.11 Å². The first-order valence-electron chi connectivity index (χ1n) is 10.3. The lowest BCUT2D eigenvalue weighted by molar-refractivity contribution is 0.301. The van der Waals surface area contributed by atoms with Crippen LogP contribution in [0.25, 0.3) is 33.4 Å². The highest BCUT2D eigenvalue weighted by Gasteiger charge is 2.16. The molecule has 8 heteroatoms. The standard InChI is InChI=1S/C25H23N5O.2ClH/c31-14-13-30(17-18-7-3-1-4-8-18)23-12-11-20-22(15-26-25(20)28-23)24-21(16-27-29-24)19-9-5-2-6-10-19;;/h1-12,15-16,31H,13-14,17H2,(H,26,28)(H,27,29);2*1H. The van der Waals surface area contributed by atoms with Crippen molar-refractivity contribution in [1.82, 2.24) is 20.2 Å². The number of aliphatic hydroxyl groups excluding tert-OH is 1. The molecule has 0 bridgehead atoms. The van der Waals surface area contributed by atoms with Gasteiger partial charge in [-0.15, -0.1) is 24.8 Å². The van der Waals surface area contributed by atoms with Gasteiger partial charge in [0.05, 0.1) is 18.5 Å². The minimum Gasteiger partial charge on any atom is -0.395 e. The summed E-state index contributed by atoms with van der Waals surface area (Å²) in [6.07, 6.45) is 3.82. The topological polar surface area (TPSA) is 80.8 Å². The maximum atomic E-state index is 9.57. The SMILES string of the molecule is Cl.Cl.OCCN(Cc1ccccc1)c1ccc2c(-c3[nH]ncc3-c3ccccc3)c[nH]c2n1. The van der Waals surface area contributed by atoms with Crippen LogP contribution in [0, 0.1) is 0 Å². The second kappa shape index (κ2) is 11.0. The molecule has 2 aromatic carbocycles. The lowest BCUT2D eigenvalue weighted by Gasteiger charge is -2.23. The number of pyridine rings is 1. The van der Waals surface area contributed by atoms with E-state index in [1.165, 1.54) is 5.56 Å². The summed E-state index contributed by atoms with van der Waals surface area (Å²) >= 11 is 0. The Labute approximate surface area is 204 Å². The van der Waals surface area contributed by atoms with Crippen LogP contribution in [-0.2, 0) is 6.54 Å². The van der Waals surface area contributed by atoms with E-state index >= 15 is 0 Å². The molecule has 0 atom stereocenters. The zero-order valence-electron chi connectivity index (χ0n) is 17.8. The fourth-order valence-electron chi connectivity index (χ4n) is 3.90. The van der Waals surface area contributed by atoms with Gasteiger partial charge in [0.2, 0.25) is 0 Å². The minimum absolute atomic E-state index is 0. The first kappa shape index (κ1) is 24.3. The van der Waals surface area contributed by atoms with Gasteiger partial charge in [-0.05, 0) is 23.3 Å². The average Bonchev–Trinajstić information content (AvgIpc) is 3.46. The highest BCUT2D eigenvalue weighted by atomic mass is 35.5. The third kappa shape index (κ3) is 5.03. The molecular formula is C25H25Cl2N5O. The summed E-state index contributed by atoms with van der Waals surface area (Å²) in [5.41, 5.74) is 6.14. The summed E-state index contributed by atoms with van der Waals surface area (Å²) in [7, 11) is 0. The van der Waals surface area contributed by atoms with Crippen molar-refractivity contribution in [1.29, 1.82) is 0 Å². The van der Waals surface area contributed by atoms with Gasteiger partial charge in [-0.3, -0.25) is 5.10 Å². The zero-order valence-corrected chi connectivity index (χ0v) is 19.4. The number of hydrogen-bond acceptors (Lipinski definition) is 4. The maximum absolute atomic E-state index is 9.57. The second-order valence-electron chi connectivity index (χ2n) is 7.42. The molecule has 0 saturated heterocycles. The van der Waals surface area contributed by atoms with Crippen LogP contribution in [0.4, 0.5) is 5.82 Å². The molecule has 6 nitrogen and oxygen atoms in total. The number of aromatic nitrogens is 4. The third-order valence-electron chi connectivity index (χ3n) is 5.43. The molecule has 0 amide bonds. The Hall–Kier alpha value is -3.32. The third-order valence-corrected chi connectivity index (χ3v) is 5.43. The van der Waals surface area contributed by atoms with Gasteiger partial charge in [-0.2, -0.15) is 5.10 Å². The van der Waals surface area contributed by atoms with E-state index < -0.39 is 0 Å². The number of aliphatic hydroxyl groups is 1. The predicted molar refractivity (Wildman–Crippen MR) is 138 cm³/mol. The van der Waals surface area contributed by atoms with Crippen LogP contribution in [0.5, 0.6) is 0 Å². The summed E-state index contributed by atoms with van der Waals surface area (Å²) in [6, 6.07) is 24.5. The molecule has 0 fully saturated rings. The van der Waals surface area contributed by atoms with Gasteiger partial charge in [-0.25, -0.2) is 4.98 Å². The maximum Gasteiger partial charge on any atom is 0.140 e. The van der Waals surface area contributed by atoms with Crippen LogP contribution in [0.3, 0.4) is 0 Å². The van der Waals surface area contributed by atoms with Crippen molar-refractivity contribution >= 4 is 41.7 Å². The van der Waals surface area contributed by atoms with E-state index in [1.807, 2.05) is 54.9 Å². The molecule has 3 heterocycles. The van der Waals surface area contributed by atoms with E-state index in [0.29, 0.717) is 13.1 Å². The number of hydrogen-bond donors (Lipinski definition) is 3. The van der Waals surface area contributed by atoms with E-state index in [4.69, 9.17) is 4.98 Å².